The van der Waals surface area contributed by atoms with E-state index >= 15 is 0 Å². The van der Waals surface area contributed by atoms with Crippen LogP contribution in [-0.2, 0) is 9.47 Å². The van der Waals surface area contributed by atoms with Gasteiger partial charge in [-0.05, 0) is 34.1 Å². The van der Waals surface area contributed by atoms with Gasteiger partial charge in [0.15, 0.2) is 0 Å². The maximum Gasteiger partial charge on any atom is 0.252 e. The van der Waals surface area contributed by atoms with Crippen molar-refractivity contribution in [3.05, 3.63) is 34.1 Å². The van der Waals surface area contributed by atoms with E-state index in [0.717, 1.165) is 0 Å². The van der Waals surface area contributed by atoms with Gasteiger partial charge >= 0.3 is 0 Å². The van der Waals surface area contributed by atoms with Gasteiger partial charge in [0.05, 0.1) is 31.5 Å². The molecule has 98 valence electrons. The molecule has 18 heavy (non-hydrogen) atoms. The van der Waals surface area contributed by atoms with E-state index < -0.39 is 0 Å². The molecule has 1 unspecified atom stereocenters. The van der Waals surface area contributed by atoms with Crippen molar-refractivity contribution >= 4 is 21.8 Å². The van der Waals surface area contributed by atoms with Crippen molar-refractivity contribution in [2.45, 2.75) is 6.10 Å². The van der Waals surface area contributed by atoms with Crippen LogP contribution < -0.4 is 5.32 Å². The first-order chi connectivity index (χ1) is 8.66. The van der Waals surface area contributed by atoms with Crippen molar-refractivity contribution in [3.8, 4) is 0 Å². The van der Waals surface area contributed by atoms with Crippen molar-refractivity contribution in [2.24, 2.45) is 0 Å². The summed E-state index contributed by atoms with van der Waals surface area (Å²) in [4.78, 5) is 11.9. The molecule has 4 nitrogen and oxygen atoms in total. The van der Waals surface area contributed by atoms with Gasteiger partial charge in [-0.1, -0.05) is 0 Å². The second-order valence-electron chi connectivity index (χ2n) is 3.90. The number of benzene rings is 1. The van der Waals surface area contributed by atoms with Crippen LogP contribution in [0, 0.1) is 5.82 Å². The zero-order chi connectivity index (χ0) is 13.0. The van der Waals surface area contributed by atoms with Crippen LogP contribution in [0.2, 0.25) is 0 Å². The average Bonchev–Trinajstić information content (AvgIpc) is 2.37. The van der Waals surface area contributed by atoms with Crippen LogP contribution in [0.15, 0.2) is 22.7 Å². The van der Waals surface area contributed by atoms with Gasteiger partial charge in [-0.15, -0.1) is 0 Å². The Morgan fingerprint density at radius 3 is 3.00 bits per heavy atom. The minimum absolute atomic E-state index is 0.123. The smallest absolute Gasteiger partial charge is 0.252 e. The third kappa shape index (κ3) is 3.51. The van der Waals surface area contributed by atoms with Crippen molar-refractivity contribution in [1.29, 1.82) is 0 Å². The number of carbonyl (C=O) groups excluding carboxylic acids is 1. The Bertz CT molecular complexity index is 435. The topological polar surface area (TPSA) is 47.6 Å². The summed E-state index contributed by atoms with van der Waals surface area (Å²) in [6.07, 6.45) is -0.123. The zero-order valence-corrected chi connectivity index (χ0v) is 11.2. The molecule has 1 amide bonds. The Labute approximate surface area is 113 Å². The fraction of sp³-hybridized carbons (Fsp3) is 0.417. The highest BCUT2D eigenvalue weighted by Crippen LogP contribution is 2.17. The van der Waals surface area contributed by atoms with Gasteiger partial charge in [0, 0.05) is 11.0 Å². The lowest BCUT2D eigenvalue weighted by Crippen LogP contribution is -2.39. The van der Waals surface area contributed by atoms with Gasteiger partial charge in [0.2, 0.25) is 0 Å². The maximum absolute atomic E-state index is 12.9. The molecule has 0 bridgehead atoms. The van der Waals surface area contributed by atoms with Gasteiger partial charge in [-0.3, -0.25) is 4.79 Å². The molecule has 6 heteroatoms. The Kier molecular flexibility index (Phi) is 4.68. The summed E-state index contributed by atoms with van der Waals surface area (Å²) in [5, 5.41) is 2.73. The van der Waals surface area contributed by atoms with E-state index in [2.05, 4.69) is 21.2 Å². The minimum atomic E-state index is -0.387. The molecule has 1 aliphatic rings. The minimum Gasteiger partial charge on any atom is -0.376 e. The number of ether oxygens (including phenoxy) is 2. The number of rotatable bonds is 3. The summed E-state index contributed by atoms with van der Waals surface area (Å²) in [6.45, 7) is 1.99. The average molecular weight is 318 g/mol. The van der Waals surface area contributed by atoms with E-state index in [0.29, 0.717) is 36.4 Å². The highest BCUT2D eigenvalue weighted by Gasteiger charge is 2.16. The van der Waals surface area contributed by atoms with Gasteiger partial charge in [-0.25, -0.2) is 4.39 Å². The molecule has 0 spiro atoms. The molecular weight excluding hydrogens is 305 g/mol. The number of carbonyl (C=O) groups is 1. The van der Waals surface area contributed by atoms with Gasteiger partial charge in [0.25, 0.3) is 5.91 Å². The maximum atomic E-state index is 12.9. The first-order valence-corrected chi connectivity index (χ1v) is 6.38. The van der Waals surface area contributed by atoms with Gasteiger partial charge < -0.3 is 14.8 Å². The second-order valence-corrected chi connectivity index (χ2v) is 4.76. The highest BCUT2D eigenvalue weighted by atomic mass is 79.9. The van der Waals surface area contributed by atoms with Crippen LogP contribution in [-0.4, -0.2) is 38.4 Å². The van der Waals surface area contributed by atoms with Crippen LogP contribution in [0.5, 0.6) is 0 Å². The van der Waals surface area contributed by atoms with Crippen LogP contribution in [0.1, 0.15) is 10.4 Å². The van der Waals surface area contributed by atoms with Gasteiger partial charge in [0.1, 0.15) is 5.82 Å². The van der Waals surface area contributed by atoms with E-state index in [1.807, 2.05) is 0 Å². The molecule has 0 radical (unpaired) electrons. The molecule has 2 rings (SSSR count). The molecule has 1 N–H and O–H groups in total. The molecule has 1 aliphatic heterocycles. The van der Waals surface area contributed by atoms with Crippen molar-refractivity contribution in [2.75, 3.05) is 26.4 Å². The number of amides is 1. The Hall–Kier alpha value is -0.980. The fourth-order valence-corrected chi connectivity index (χ4v) is 2.16. The molecule has 1 aromatic rings. The third-order valence-corrected chi connectivity index (χ3v) is 3.21. The van der Waals surface area contributed by atoms with Gasteiger partial charge in [-0.2, -0.15) is 0 Å². The predicted molar refractivity (Wildman–Crippen MR) is 67.0 cm³/mol. The van der Waals surface area contributed by atoms with E-state index in [4.69, 9.17) is 9.47 Å². The lowest BCUT2D eigenvalue weighted by atomic mass is 10.2. The first-order valence-electron chi connectivity index (χ1n) is 5.59. The third-order valence-electron chi connectivity index (χ3n) is 2.55. The SMILES string of the molecule is O=C(NCC1COCCO1)c1ccc(F)cc1Br. The summed E-state index contributed by atoms with van der Waals surface area (Å²) in [5.41, 5.74) is 0.396. The molecule has 1 heterocycles. The lowest BCUT2D eigenvalue weighted by Gasteiger charge is -2.23. The molecule has 0 aromatic heterocycles. The first kappa shape index (κ1) is 13.5. The quantitative estimate of drug-likeness (QED) is 0.923. The van der Waals surface area contributed by atoms with Crippen LogP contribution in [0.3, 0.4) is 0 Å². The van der Waals surface area contributed by atoms with Crippen LogP contribution >= 0.6 is 15.9 Å². The second kappa shape index (κ2) is 6.26. The Balaban J connectivity index is 1.90. The largest absolute Gasteiger partial charge is 0.376 e. The van der Waals surface area contributed by atoms with E-state index in [1.165, 1.54) is 18.2 Å². The van der Waals surface area contributed by atoms with Crippen molar-refractivity contribution < 1.29 is 18.7 Å². The Morgan fingerprint density at radius 1 is 1.50 bits per heavy atom. The predicted octanol–water partition coefficient (Wildman–Crippen LogP) is 1.73. The molecule has 1 saturated heterocycles. The number of hydrogen-bond acceptors (Lipinski definition) is 3. The van der Waals surface area contributed by atoms with Crippen LogP contribution in [0.4, 0.5) is 4.39 Å². The van der Waals surface area contributed by atoms with E-state index in [1.54, 1.807) is 0 Å². The zero-order valence-electron chi connectivity index (χ0n) is 9.62. The monoisotopic (exact) mass is 317 g/mol. The number of hydrogen-bond donors (Lipinski definition) is 1. The number of nitrogens with one attached hydrogen (secondary N) is 1. The summed E-state index contributed by atoms with van der Waals surface area (Å²) >= 11 is 3.16. The molecule has 0 aliphatic carbocycles. The normalized spacial score (nSPS) is 19.6. The Morgan fingerprint density at radius 2 is 2.33 bits per heavy atom. The van der Waals surface area contributed by atoms with E-state index in [9.17, 15) is 9.18 Å². The summed E-state index contributed by atoms with van der Waals surface area (Å²) in [6, 6.07) is 3.95. The molecule has 1 aromatic carbocycles. The van der Waals surface area contributed by atoms with Crippen molar-refractivity contribution in [1.82, 2.24) is 5.32 Å². The molecule has 1 fully saturated rings. The molecule has 1 atom stereocenters. The molecule has 0 saturated carbocycles. The summed E-state index contributed by atoms with van der Waals surface area (Å²) < 4.78 is 23.9. The lowest BCUT2D eigenvalue weighted by molar-refractivity contribution is -0.0855. The highest BCUT2D eigenvalue weighted by molar-refractivity contribution is 9.10. The number of halogens is 2. The summed E-state index contributed by atoms with van der Waals surface area (Å²) in [5.74, 6) is -0.654. The fourth-order valence-electron chi connectivity index (χ4n) is 1.63. The molecular formula is C12H13BrFNO3. The standard InChI is InChI=1S/C12H13BrFNO3/c13-11-5-8(14)1-2-10(11)12(16)15-6-9-7-17-3-4-18-9/h1-2,5,9H,3-4,6-7H2,(H,15,16). The summed E-state index contributed by atoms with van der Waals surface area (Å²) in [7, 11) is 0. The van der Waals surface area contributed by atoms with E-state index in [-0.39, 0.29) is 17.8 Å². The van der Waals surface area contributed by atoms with Crippen LogP contribution in [0.25, 0.3) is 0 Å². The van der Waals surface area contributed by atoms with Crippen molar-refractivity contribution in [3.63, 3.8) is 0 Å².